The van der Waals surface area contributed by atoms with Gasteiger partial charge in [-0.2, -0.15) is 4.68 Å². The molecule has 3 N–H and O–H groups in total. The van der Waals surface area contributed by atoms with Crippen LogP contribution in [0.5, 0.6) is 0 Å². The SMILES string of the molecule is Cc1ccccc1-n1nnc(C(=O)N[C@H](C)c2ccccc2)c1N. The summed E-state index contributed by atoms with van der Waals surface area (Å²) in [4.78, 5) is 12.5. The fourth-order valence-corrected chi connectivity index (χ4v) is 2.52. The molecule has 0 spiro atoms. The van der Waals surface area contributed by atoms with E-state index in [1.807, 2.05) is 68.4 Å². The summed E-state index contributed by atoms with van der Waals surface area (Å²) >= 11 is 0. The summed E-state index contributed by atoms with van der Waals surface area (Å²) in [7, 11) is 0. The van der Waals surface area contributed by atoms with Crippen molar-refractivity contribution in [3.63, 3.8) is 0 Å². The van der Waals surface area contributed by atoms with Gasteiger partial charge in [0.1, 0.15) is 0 Å². The number of hydrogen-bond donors (Lipinski definition) is 2. The normalized spacial score (nSPS) is 11.9. The van der Waals surface area contributed by atoms with Crippen molar-refractivity contribution in [2.45, 2.75) is 19.9 Å². The van der Waals surface area contributed by atoms with Crippen molar-refractivity contribution in [1.29, 1.82) is 0 Å². The van der Waals surface area contributed by atoms with Crippen LogP contribution in [0.1, 0.15) is 34.6 Å². The molecular formula is C18H19N5O. The fraction of sp³-hybridized carbons (Fsp3) is 0.167. The van der Waals surface area contributed by atoms with Crippen LogP contribution in [-0.2, 0) is 0 Å². The standard InChI is InChI=1S/C18H19N5O/c1-12-8-6-7-11-15(12)23-17(19)16(21-22-23)18(24)20-13(2)14-9-4-3-5-10-14/h3-11,13H,19H2,1-2H3,(H,20,24)/t13-/m1/s1. The van der Waals surface area contributed by atoms with Gasteiger partial charge in [0.05, 0.1) is 11.7 Å². The molecule has 1 heterocycles. The van der Waals surface area contributed by atoms with Gasteiger partial charge in [-0.15, -0.1) is 5.10 Å². The first-order valence-electron chi connectivity index (χ1n) is 7.71. The quantitative estimate of drug-likeness (QED) is 0.773. The van der Waals surface area contributed by atoms with E-state index in [0.29, 0.717) is 0 Å². The van der Waals surface area contributed by atoms with Crippen molar-refractivity contribution in [3.8, 4) is 5.69 Å². The van der Waals surface area contributed by atoms with Crippen LogP contribution < -0.4 is 11.1 Å². The lowest BCUT2D eigenvalue weighted by molar-refractivity contribution is 0.0935. The second-order valence-corrected chi connectivity index (χ2v) is 5.63. The zero-order valence-corrected chi connectivity index (χ0v) is 13.6. The van der Waals surface area contributed by atoms with Gasteiger partial charge in [0, 0.05) is 0 Å². The van der Waals surface area contributed by atoms with Crippen molar-refractivity contribution in [2.24, 2.45) is 0 Å². The van der Waals surface area contributed by atoms with Crippen LogP contribution in [0.15, 0.2) is 54.6 Å². The van der Waals surface area contributed by atoms with E-state index in [4.69, 9.17) is 5.73 Å². The van der Waals surface area contributed by atoms with Gasteiger partial charge in [0.15, 0.2) is 11.5 Å². The second-order valence-electron chi connectivity index (χ2n) is 5.63. The number of benzene rings is 2. The van der Waals surface area contributed by atoms with Crippen molar-refractivity contribution in [3.05, 3.63) is 71.4 Å². The number of nitrogens with zero attached hydrogens (tertiary/aromatic N) is 3. The number of para-hydroxylation sites is 1. The van der Waals surface area contributed by atoms with E-state index < -0.39 is 0 Å². The summed E-state index contributed by atoms with van der Waals surface area (Å²) in [6.45, 7) is 3.86. The Morgan fingerprint density at radius 2 is 1.79 bits per heavy atom. The second kappa shape index (κ2) is 6.54. The summed E-state index contributed by atoms with van der Waals surface area (Å²) in [6, 6.07) is 17.2. The largest absolute Gasteiger partial charge is 0.382 e. The number of anilines is 1. The summed E-state index contributed by atoms with van der Waals surface area (Å²) in [6.07, 6.45) is 0. The van der Waals surface area contributed by atoms with Crippen molar-refractivity contribution < 1.29 is 4.79 Å². The van der Waals surface area contributed by atoms with Crippen LogP contribution >= 0.6 is 0 Å². The number of rotatable bonds is 4. The van der Waals surface area contributed by atoms with Gasteiger partial charge >= 0.3 is 0 Å². The van der Waals surface area contributed by atoms with Crippen LogP contribution in [0.4, 0.5) is 5.82 Å². The van der Waals surface area contributed by atoms with Gasteiger partial charge < -0.3 is 11.1 Å². The Kier molecular flexibility index (Phi) is 4.29. The molecule has 6 nitrogen and oxygen atoms in total. The number of carbonyl (C=O) groups is 1. The van der Waals surface area contributed by atoms with E-state index in [0.717, 1.165) is 16.8 Å². The van der Waals surface area contributed by atoms with Gasteiger partial charge in [-0.1, -0.05) is 53.7 Å². The molecule has 1 aromatic heterocycles. The van der Waals surface area contributed by atoms with Crippen LogP contribution in [0.3, 0.4) is 0 Å². The highest BCUT2D eigenvalue weighted by atomic mass is 16.2. The first-order valence-corrected chi connectivity index (χ1v) is 7.71. The predicted octanol–water partition coefficient (Wildman–Crippen LogP) is 2.65. The molecule has 6 heteroatoms. The number of nitrogens with two attached hydrogens (primary N) is 1. The van der Waals surface area contributed by atoms with Crippen LogP contribution in [0.2, 0.25) is 0 Å². The lowest BCUT2D eigenvalue weighted by Crippen LogP contribution is -2.27. The maximum absolute atomic E-state index is 12.5. The topological polar surface area (TPSA) is 85.8 Å². The maximum Gasteiger partial charge on any atom is 0.276 e. The van der Waals surface area contributed by atoms with Crippen LogP contribution in [-0.4, -0.2) is 20.9 Å². The van der Waals surface area contributed by atoms with E-state index in [1.54, 1.807) is 0 Å². The molecule has 24 heavy (non-hydrogen) atoms. The third-order valence-electron chi connectivity index (χ3n) is 3.91. The molecule has 0 aliphatic carbocycles. The molecular weight excluding hydrogens is 302 g/mol. The van der Waals surface area contributed by atoms with Gasteiger partial charge in [-0.05, 0) is 31.0 Å². The highest BCUT2D eigenvalue weighted by Crippen LogP contribution is 2.19. The number of aryl methyl sites for hydroxylation is 1. The molecule has 1 atom stereocenters. The van der Waals surface area contributed by atoms with Crippen LogP contribution in [0.25, 0.3) is 5.69 Å². The van der Waals surface area contributed by atoms with E-state index in [2.05, 4.69) is 15.6 Å². The molecule has 3 rings (SSSR count). The minimum atomic E-state index is -0.344. The zero-order chi connectivity index (χ0) is 17.1. The molecule has 3 aromatic rings. The van der Waals surface area contributed by atoms with Crippen LogP contribution in [0, 0.1) is 6.92 Å². The Morgan fingerprint density at radius 1 is 1.12 bits per heavy atom. The molecule has 0 unspecified atom stereocenters. The lowest BCUT2D eigenvalue weighted by Gasteiger charge is -2.13. The minimum absolute atomic E-state index is 0.126. The molecule has 0 saturated heterocycles. The monoisotopic (exact) mass is 321 g/mol. The van der Waals surface area contributed by atoms with E-state index in [1.165, 1.54) is 4.68 Å². The Bertz CT molecular complexity index is 857. The summed E-state index contributed by atoms with van der Waals surface area (Å²) in [5.41, 5.74) is 9.03. The average molecular weight is 321 g/mol. The van der Waals surface area contributed by atoms with Crippen molar-refractivity contribution in [2.75, 3.05) is 5.73 Å². The Balaban J connectivity index is 1.83. The van der Waals surface area contributed by atoms with Gasteiger partial charge in [0.2, 0.25) is 0 Å². The molecule has 0 saturated carbocycles. The predicted molar refractivity (Wildman–Crippen MR) is 92.8 cm³/mol. The molecule has 1 amide bonds. The molecule has 2 aromatic carbocycles. The third kappa shape index (κ3) is 2.99. The molecule has 0 bridgehead atoms. The summed E-state index contributed by atoms with van der Waals surface area (Å²) in [5, 5.41) is 10.9. The molecule has 0 radical (unpaired) electrons. The van der Waals surface area contributed by atoms with Crippen molar-refractivity contribution in [1.82, 2.24) is 20.3 Å². The molecule has 0 aliphatic rings. The number of carbonyl (C=O) groups excluding carboxylic acids is 1. The number of amides is 1. The van der Waals surface area contributed by atoms with Gasteiger partial charge in [0.25, 0.3) is 5.91 Å². The van der Waals surface area contributed by atoms with Gasteiger partial charge in [-0.25, -0.2) is 0 Å². The number of nitrogen functional groups attached to an aromatic ring is 1. The van der Waals surface area contributed by atoms with E-state index >= 15 is 0 Å². The molecule has 122 valence electrons. The molecule has 0 aliphatic heterocycles. The zero-order valence-electron chi connectivity index (χ0n) is 13.6. The number of nitrogens with one attached hydrogen (secondary N) is 1. The third-order valence-corrected chi connectivity index (χ3v) is 3.91. The summed E-state index contributed by atoms with van der Waals surface area (Å²) in [5.74, 6) is -0.120. The Morgan fingerprint density at radius 3 is 2.50 bits per heavy atom. The van der Waals surface area contributed by atoms with Crippen molar-refractivity contribution >= 4 is 11.7 Å². The molecule has 0 fully saturated rings. The van der Waals surface area contributed by atoms with E-state index in [-0.39, 0.29) is 23.5 Å². The minimum Gasteiger partial charge on any atom is -0.382 e. The number of hydrogen-bond acceptors (Lipinski definition) is 4. The fourth-order valence-electron chi connectivity index (χ4n) is 2.52. The average Bonchev–Trinajstić information content (AvgIpc) is 2.97. The highest BCUT2D eigenvalue weighted by molar-refractivity contribution is 5.96. The highest BCUT2D eigenvalue weighted by Gasteiger charge is 2.20. The number of aromatic nitrogens is 3. The summed E-state index contributed by atoms with van der Waals surface area (Å²) < 4.78 is 1.48. The van der Waals surface area contributed by atoms with Gasteiger partial charge in [-0.3, -0.25) is 4.79 Å². The Hall–Kier alpha value is -3.15. The smallest absolute Gasteiger partial charge is 0.276 e. The maximum atomic E-state index is 12.5. The lowest BCUT2D eigenvalue weighted by atomic mass is 10.1. The van der Waals surface area contributed by atoms with E-state index in [9.17, 15) is 4.79 Å². The first kappa shape index (κ1) is 15.7. The first-order chi connectivity index (χ1) is 11.6. The Labute approximate surface area is 140 Å².